The maximum absolute atomic E-state index is 14.3. The zero-order chi connectivity index (χ0) is 23.5. The Balaban J connectivity index is 1.48. The van der Waals surface area contributed by atoms with Crippen LogP contribution < -0.4 is 5.32 Å². The van der Waals surface area contributed by atoms with Gasteiger partial charge in [-0.05, 0) is 73.3 Å². The van der Waals surface area contributed by atoms with Gasteiger partial charge in [-0.3, -0.25) is 4.79 Å². The summed E-state index contributed by atoms with van der Waals surface area (Å²) in [6.45, 7) is 3.72. The number of hydrogen-bond acceptors (Lipinski definition) is 4. The molecule has 0 aliphatic heterocycles. The number of carbonyl (C=O) groups is 1. The Hall–Kier alpha value is -2.87. The molecule has 0 bridgehead atoms. The van der Waals surface area contributed by atoms with Crippen LogP contribution in [0.5, 0.6) is 0 Å². The number of halogens is 2. The molecule has 1 fully saturated rings. The molecule has 0 spiro atoms. The largest absolute Gasteiger partial charge is 0.394 e. The van der Waals surface area contributed by atoms with Crippen LogP contribution in [0.1, 0.15) is 67.1 Å². The van der Waals surface area contributed by atoms with E-state index in [0.717, 1.165) is 37.4 Å². The molecular formula is C25H30F2N4O2. The molecule has 33 heavy (non-hydrogen) atoms. The number of amides is 1. The molecule has 1 amide bonds. The predicted octanol–water partition coefficient (Wildman–Crippen LogP) is 4.27. The van der Waals surface area contributed by atoms with Crippen LogP contribution in [-0.4, -0.2) is 38.3 Å². The molecule has 2 heterocycles. The monoisotopic (exact) mass is 456 g/mol. The van der Waals surface area contributed by atoms with Gasteiger partial charge in [-0.2, -0.15) is 5.10 Å². The van der Waals surface area contributed by atoms with Gasteiger partial charge < -0.3 is 10.4 Å². The van der Waals surface area contributed by atoms with Gasteiger partial charge in [0.2, 0.25) is 0 Å². The molecule has 4 rings (SSSR count). The van der Waals surface area contributed by atoms with Crippen molar-refractivity contribution in [3.05, 3.63) is 65.1 Å². The number of carbonyl (C=O) groups excluding carboxylic acids is 1. The lowest BCUT2D eigenvalue weighted by atomic mass is 9.85. The number of fused-ring (bicyclic) bond motifs is 1. The second-order valence-corrected chi connectivity index (χ2v) is 9.25. The lowest BCUT2D eigenvalue weighted by molar-refractivity contribution is 0.0898. The van der Waals surface area contributed by atoms with Gasteiger partial charge in [-0.15, -0.1) is 0 Å². The maximum atomic E-state index is 14.3. The standard InChI is InChI=1S/C25H30F2N4O2/c1-15(2)23(14-32)30-25(33)21-13-28-31-11-10-18(29-24(21)31)8-6-16-4-3-5-19(16)20-12-17(26)7-9-22(20)27/h7,9-13,15-16,19,23,32H,3-6,8,14H2,1-2H3,(H,30,33). The molecule has 1 aliphatic rings. The Morgan fingerprint density at radius 1 is 1.27 bits per heavy atom. The average Bonchev–Trinajstić information content (AvgIpc) is 3.44. The lowest BCUT2D eigenvalue weighted by Crippen LogP contribution is -2.41. The van der Waals surface area contributed by atoms with Crippen molar-refractivity contribution < 1.29 is 18.7 Å². The maximum Gasteiger partial charge on any atom is 0.257 e. The average molecular weight is 457 g/mol. The Bertz CT molecular complexity index is 1130. The topological polar surface area (TPSA) is 79.5 Å². The van der Waals surface area contributed by atoms with Gasteiger partial charge in [0.25, 0.3) is 5.91 Å². The molecule has 0 saturated heterocycles. The number of hydrogen-bond donors (Lipinski definition) is 2. The summed E-state index contributed by atoms with van der Waals surface area (Å²) >= 11 is 0. The molecule has 8 heteroatoms. The first kappa shape index (κ1) is 23.3. The van der Waals surface area contributed by atoms with Crippen LogP contribution >= 0.6 is 0 Å². The molecule has 176 valence electrons. The highest BCUT2D eigenvalue weighted by molar-refractivity contribution is 5.99. The summed E-state index contributed by atoms with van der Waals surface area (Å²) in [5, 5.41) is 16.6. The highest BCUT2D eigenvalue weighted by Crippen LogP contribution is 2.43. The van der Waals surface area contributed by atoms with Crippen molar-refractivity contribution >= 4 is 11.6 Å². The van der Waals surface area contributed by atoms with Gasteiger partial charge in [0, 0.05) is 11.9 Å². The Morgan fingerprint density at radius 2 is 2.09 bits per heavy atom. The van der Waals surface area contributed by atoms with Gasteiger partial charge in [-0.1, -0.05) is 20.3 Å². The molecule has 2 N–H and O–H groups in total. The van der Waals surface area contributed by atoms with E-state index >= 15 is 0 Å². The molecule has 3 unspecified atom stereocenters. The lowest BCUT2D eigenvalue weighted by Gasteiger charge is -2.20. The van der Waals surface area contributed by atoms with Gasteiger partial charge in [0.05, 0.1) is 18.8 Å². The summed E-state index contributed by atoms with van der Waals surface area (Å²) in [6.07, 6.45) is 7.56. The Morgan fingerprint density at radius 3 is 2.85 bits per heavy atom. The molecule has 3 aromatic rings. The van der Waals surface area contributed by atoms with E-state index < -0.39 is 5.82 Å². The highest BCUT2D eigenvalue weighted by atomic mass is 19.1. The summed E-state index contributed by atoms with van der Waals surface area (Å²) in [4.78, 5) is 17.4. The second kappa shape index (κ2) is 9.95. The number of aryl methyl sites for hydroxylation is 1. The van der Waals surface area contributed by atoms with E-state index in [1.807, 2.05) is 19.9 Å². The number of nitrogens with one attached hydrogen (secondary N) is 1. The number of aromatic nitrogens is 3. The van der Waals surface area contributed by atoms with Crippen molar-refractivity contribution in [2.75, 3.05) is 6.61 Å². The first-order valence-electron chi connectivity index (χ1n) is 11.6. The SMILES string of the molecule is CC(C)C(CO)NC(=O)c1cnn2ccc(CCC3CCCC3c3cc(F)ccc3F)nc12. The summed E-state index contributed by atoms with van der Waals surface area (Å²) in [5.74, 6) is -0.719. The molecule has 1 aliphatic carbocycles. The molecule has 1 aromatic carbocycles. The van der Waals surface area contributed by atoms with E-state index in [1.165, 1.54) is 18.3 Å². The summed E-state index contributed by atoms with van der Waals surface area (Å²) in [7, 11) is 0. The van der Waals surface area contributed by atoms with Gasteiger partial charge in [0.15, 0.2) is 5.65 Å². The summed E-state index contributed by atoms with van der Waals surface area (Å²) < 4.78 is 29.6. The van der Waals surface area contributed by atoms with Gasteiger partial charge in [0.1, 0.15) is 17.2 Å². The fourth-order valence-electron chi connectivity index (χ4n) is 4.80. The minimum absolute atomic E-state index is 0.00665. The van der Waals surface area contributed by atoms with Crippen molar-refractivity contribution in [1.82, 2.24) is 19.9 Å². The highest BCUT2D eigenvalue weighted by Gasteiger charge is 2.30. The molecule has 3 atom stereocenters. The van der Waals surface area contributed by atoms with Gasteiger partial charge >= 0.3 is 0 Å². The number of aliphatic hydroxyl groups is 1. The zero-order valence-corrected chi connectivity index (χ0v) is 19.0. The van der Waals surface area contributed by atoms with Crippen molar-refractivity contribution in [3.63, 3.8) is 0 Å². The Kier molecular flexibility index (Phi) is 7.02. The van der Waals surface area contributed by atoms with E-state index in [2.05, 4.69) is 15.4 Å². The van der Waals surface area contributed by atoms with Crippen LogP contribution in [-0.2, 0) is 6.42 Å². The van der Waals surface area contributed by atoms with Crippen LogP contribution in [0.4, 0.5) is 8.78 Å². The minimum Gasteiger partial charge on any atom is -0.394 e. The van der Waals surface area contributed by atoms with E-state index in [9.17, 15) is 18.7 Å². The van der Waals surface area contributed by atoms with Gasteiger partial charge in [-0.25, -0.2) is 18.3 Å². The third-order valence-electron chi connectivity index (χ3n) is 6.78. The van der Waals surface area contributed by atoms with Crippen LogP contribution in [0.3, 0.4) is 0 Å². The molecule has 1 saturated carbocycles. The first-order valence-corrected chi connectivity index (χ1v) is 11.6. The van der Waals surface area contributed by atoms with Crippen molar-refractivity contribution in [3.8, 4) is 0 Å². The Labute approximate surface area is 192 Å². The summed E-state index contributed by atoms with van der Waals surface area (Å²) in [5.41, 5.74) is 2.12. The van der Waals surface area contributed by atoms with Crippen molar-refractivity contribution in [1.29, 1.82) is 0 Å². The van der Waals surface area contributed by atoms with E-state index in [1.54, 1.807) is 10.7 Å². The first-order chi connectivity index (χ1) is 15.9. The minimum atomic E-state index is -0.406. The number of nitrogens with zero attached hydrogens (tertiary/aromatic N) is 3. The molecular weight excluding hydrogens is 426 g/mol. The molecule has 2 aromatic heterocycles. The number of benzene rings is 1. The number of aliphatic hydroxyl groups excluding tert-OH is 1. The van der Waals surface area contributed by atoms with Crippen LogP contribution in [0.25, 0.3) is 5.65 Å². The molecule has 6 nitrogen and oxygen atoms in total. The fourth-order valence-corrected chi connectivity index (χ4v) is 4.80. The predicted molar refractivity (Wildman–Crippen MR) is 121 cm³/mol. The smallest absolute Gasteiger partial charge is 0.257 e. The van der Waals surface area contributed by atoms with Crippen molar-refractivity contribution in [2.24, 2.45) is 11.8 Å². The van der Waals surface area contributed by atoms with Crippen molar-refractivity contribution in [2.45, 2.75) is 57.9 Å². The quantitative estimate of drug-likeness (QED) is 0.531. The third-order valence-corrected chi connectivity index (χ3v) is 6.78. The number of rotatable bonds is 8. The van der Waals surface area contributed by atoms with Crippen LogP contribution in [0.2, 0.25) is 0 Å². The van der Waals surface area contributed by atoms with E-state index in [4.69, 9.17) is 0 Å². The van der Waals surface area contributed by atoms with E-state index in [-0.39, 0.29) is 42.1 Å². The van der Waals surface area contributed by atoms with E-state index in [0.29, 0.717) is 23.2 Å². The van der Waals surface area contributed by atoms with Crippen LogP contribution in [0, 0.1) is 23.5 Å². The second-order valence-electron chi connectivity index (χ2n) is 9.25. The zero-order valence-electron chi connectivity index (χ0n) is 19.0. The molecule has 0 radical (unpaired) electrons. The summed E-state index contributed by atoms with van der Waals surface area (Å²) in [6, 6.07) is 5.22. The normalized spacial score (nSPS) is 19.3. The fraction of sp³-hybridized carbons (Fsp3) is 0.480. The third kappa shape index (κ3) is 5.05. The van der Waals surface area contributed by atoms with Crippen LogP contribution in [0.15, 0.2) is 36.7 Å².